The van der Waals surface area contributed by atoms with Crippen molar-refractivity contribution in [3.63, 3.8) is 0 Å². The molecule has 0 N–H and O–H groups in total. The maximum atomic E-state index is 6.08. The van der Waals surface area contributed by atoms with Gasteiger partial charge in [-0.25, -0.2) is 9.97 Å². The molecule has 0 amide bonds. The number of hydrogen-bond donors (Lipinski definition) is 0. The van der Waals surface area contributed by atoms with Crippen molar-refractivity contribution in [1.29, 1.82) is 0 Å². The Morgan fingerprint density at radius 1 is 0.476 bits per heavy atom. The average molecular weight is 536 g/mol. The lowest BCUT2D eigenvalue weighted by Crippen LogP contribution is -2.02. The second-order valence-electron chi connectivity index (χ2n) is 11.0. The van der Waals surface area contributed by atoms with Gasteiger partial charge in [0.05, 0.1) is 22.2 Å². The fourth-order valence-electron chi connectivity index (χ4n) is 6.89. The van der Waals surface area contributed by atoms with Gasteiger partial charge in [-0.15, -0.1) is 0 Å². The number of fused-ring (bicyclic) bond motifs is 9. The highest BCUT2D eigenvalue weighted by molar-refractivity contribution is 6.14. The standard InChI is InChI=1S/C38H21N3O/c1-2-11-28-24(8-1)27-12-7-13-31-36(27)37(28)40-38(39-31)41-32-14-5-3-9-25(32)29-20-22(16-18-33(29)41)23-17-19-35-30(21-23)26-10-4-6-15-34(26)42-35/h1-21H. The van der Waals surface area contributed by atoms with Crippen molar-refractivity contribution in [1.82, 2.24) is 14.5 Å². The minimum Gasteiger partial charge on any atom is -0.456 e. The summed E-state index contributed by atoms with van der Waals surface area (Å²) in [6.45, 7) is 0. The Balaban J connectivity index is 1.22. The highest BCUT2D eigenvalue weighted by Crippen LogP contribution is 2.46. The lowest BCUT2D eigenvalue weighted by atomic mass is 10.0. The summed E-state index contributed by atoms with van der Waals surface area (Å²) in [4.78, 5) is 10.4. The van der Waals surface area contributed by atoms with Gasteiger partial charge >= 0.3 is 0 Å². The van der Waals surface area contributed by atoms with Gasteiger partial charge in [0.1, 0.15) is 11.2 Å². The minimum atomic E-state index is 0.691. The van der Waals surface area contributed by atoms with E-state index >= 15 is 0 Å². The highest BCUT2D eigenvalue weighted by atomic mass is 16.3. The van der Waals surface area contributed by atoms with Crippen LogP contribution in [0.4, 0.5) is 0 Å². The van der Waals surface area contributed by atoms with Gasteiger partial charge in [0.2, 0.25) is 5.95 Å². The van der Waals surface area contributed by atoms with Gasteiger partial charge in [0, 0.05) is 32.5 Å². The zero-order chi connectivity index (χ0) is 27.4. The van der Waals surface area contributed by atoms with E-state index in [-0.39, 0.29) is 0 Å². The summed E-state index contributed by atoms with van der Waals surface area (Å²) in [6, 6.07) is 44.8. The monoisotopic (exact) mass is 535 g/mol. The van der Waals surface area contributed by atoms with Gasteiger partial charge in [-0.2, -0.15) is 0 Å². The normalized spacial score (nSPS) is 12.3. The number of aromatic nitrogens is 3. The van der Waals surface area contributed by atoms with E-state index in [0.29, 0.717) is 5.95 Å². The molecule has 10 rings (SSSR count). The molecule has 4 heteroatoms. The number of benzene rings is 6. The number of furan rings is 1. The Hall–Kier alpha value is -5.74. The molecule has 3 heterocycles. The van der Waals surface area contributed by atoms with Crippen LogP contribution in [0.15, 0.2) is 132 Å². The van der Waals surface area contributed by atoms with Crippen LogP contribution in [-0.2, 0) is 0 Å². The maximum Gasteiger partial charge on any atom is 0.235 e. The van der Waals surface area contributed by atoms with Crippen LogP contribution in [0.1, 0.15) is 0 Å². The van der Waals surface area contributed by atoms with Crippen molar-refractivity contribution >= 4 is 54.6 Å². The van der Waals surface area contributed by atoms with Crippen LogP contribution < -0.4 is 0 Å². The van der Waals surface area contributed by atoms with Crippen molar-refractivity contribution in [3.05, 3.63) is 127 Å². The Morgan fingerprint density at radius 2 is 1.17 bits per heavy atom. The van der Waals surface area contributed by atoms with E-state index in [0.717, 1.165) is 66.3 Å². The van der Waals surface area contributed by atoms with E-state index in [2.05, 4.69) is 120 Å². The molecule has 9 aromatic rings. The summed E-state index contributed by atoms with van der Waals surface area (Å²) in [6.07, 6.45) is 0. The van der Waals surface area contributed by atoms with Crippen LogP contribution in [0.2, 0.25) is 0 Å². The average Bonchev–Trinajstić information content (AvgIpc) is 3.69. The van der Waals surface area contributed by atoms with Crippen LogP contribution in [0.5, 0.6) is 0 Å². The topological polar surface area (TPSA) is 43.9 Å². The summed E-state index contributed by atoms with van der Waals surface area (Å²) < 4.78 is 8.29. The zero-order valence-corrected chi connectivity index (χ0v) is 22.4. The quantitative estimate of drug-likeness (QED) is 0.221. The lowest BCUT2D eigenvalue weighted by Gasteiger charge is -2.10. The molecular formula is C38H21N3O. The second kappa shape index (κ2) is 7.93. The second-order valence-corrected chi connectivity index (χ2v) is 11.0. The van der Waals surface area contributed by atoms with Crippen LogP contribution >= 0.6 is 0 Å². The van der Waals surface area contributed by atoms with E-state index in [1.54, 1.807) is 0 Å². The van der Waals surface area contributed by atoms with Crippen molar-refractivity contribution < 1.29 is 4.42 Å². The van der Waals surface area contributed by atoms with Gasteiger partial charge in [0.15, 0.2) is 0 Å². The first-order chi connectivity index (χ1) is 20.8. The van der Waals surface area contributed by atoms with Gasteiger partial charge in [-0.05, 0) is 64.7 Å². The predicted molar refractivity (Wildman–Crippen MR) is 171 cm³/mol. The lowest BCUT2D eigenvalue weighted by molar-refractivity contribution is 0.669. The molecule has 0 saturated heterocycles. The molecular weight excluding hydrogens is 514 g/mol. The number of nitrogens with zero attached hydrogens (tertiary/aromatic N) is 3. The first-order valence-electron chi connectivity index (χ1n) is 14.2. The molecule has 0 bridgehead atoms. The third-order valence-corrected chi connectivity index (χ3v) is 8.77. The Bertz CT molecular complexity index is 2590. The zero-order valence-electron chi connectivity index (χ0n) is 22.4. The van der Waals surface area contributed by atoms with Crippen molar-refractivity contribution in [2.75, 3.05) is 0 Å². The van der Waals surface area contributed by atoms with E-state index in [4.69, 9.17) is 14.4 Å². The smallest absolute Gasteiger partial charge is 0.235 e. The molecule has 0 spiro atoms. The SMILES string of the molecule is c1ccc2c(c1)-c1cccc3nc(-n4c5ccccc5c5cc(-c6ccc7oc8ccccc8c7c6)ccc54)nc-2c13. The molecule has 0 atom stereocenters. The van der Waals surface area contributed by atoms with Crippen molar-refractivity contribution in [2.45, 2.75) is 0 Å². The predicted octanol–water partition coefficient (Wildman–Crippen LogP) is 9.94. The fraction of sp³-hybridized carbons (Fsp3) is 0. The van der Waals surface area contributed by atoms with Gasteiger partial charge in [-0.1, -0.05) is 84.9 Å². The van der Waals surface area contributed by atoms with Crippen LogP contribution in [0, 0.1) is 0 Å². The highest BCUT2D eigenvalue weighted by Gasteiger charge is 2.25. The Labute approximate surface area is 240 Å². The molecule has 0 unspecified atom stereocenters. The summed E-state index contributed by atoms with van der Waals surface area (Å²) in [5.74, 6) is 0.691. The molecule has 3 aromatic heterocycles. The molecule has 6 aromatic carbocycles. The maximum absolute atomic E-state index is 6.08. The largest absolute Gasteiger partial charge is 0.456 e. The molecule has 42 heavy (non-hydrogen) atoms. The summed E-state index contributed by atoms with van der Waals surface area (Å²) in [5, 5.41) is 5.76. The molecule has 1 aliphatic carbocycles. The Kier molecular flexibility index (Phi) is 4.15. The molecule has 4 nitrogen and oxygen atoms in total. The molecule has 1 aliphatic rings. The van der Waals surface area contributed by atoms with Gasteiger partial charge in [0.25, 0.3) is 0 Å². The third-order valence-electron chi connectivity index (χ3n) is 8.77. The van der Waals surface area contributed by atoms with E-state index in [1.165, 1.54) is 21.9 Å². The van der Waals surface area contributed by atoms with Gasteiger partial charge in [-0.3, -0.25) is 4.57 Å². The van der Waals surface area contributed by atoms with E-state index < -0.39 is 0 Å². The van der Waals surface area contributed by atoms with E-state index in [9.17, 15) is 0 Å². The molecule has 0 fully saturated rings. The molecule has 0 aliphatic heterocycles. The number of hydrogen-bond acceptors (Lipinski definition) is 3. The molecule has 0 saturated carbocycles. The summed E-state index contributed by atoms with van der Waals surface area (Å²) >= 11 is 0. The summed E-state index contributed by atoms with van der Waals surface area (Å²) in [7, 11) is 0. The number of rotatable bonds is 2. The van der Waals surface area contributed by atoms with Crippen molar-refractivity contribution in [2.24, 2.45) is 0 Å². The Morgan fingerprint density at radius 3 is 2.10 bits per heavy atom. The minimum absolute atomic E-state index is 0.691. The van der Waals surface area contributed by atoms with Crippen LogP contribution in [0.25, 0.3) is 94.1 Å². The van der Waals surface area contributed by atoms with Crippen LogP contribution in [0.3, 0.4) is 0 Å². The third kappa shape index (κ3) is 2.85. The first-order valence-corrected chi connectivity index (χ1v) is 14.2. The fourth-order valence-corrected chi connectivity index (χ4v) is 6.89. The first kappa shape index (κ1) is 22.0. The molecule has 194 valence electrons. The van der Waals surface area contributed by atoms with Crippen molar-refractivity contribution in [3.8, 4) is 39.5 Å². The van der Waals surface area contributed by atoms with Crippen LogP contribution in [-0.4, -0.2) is 14.5 Å². The molecule has 0 radical (unpaired) electrons. The van der Waals surface area contributed by atoms with E-state index in [1.807, 2.05) is 12.1 Å². The number of para-hydroxylation sites is 2. The summed E-state index contributed by atoms with van der Waals surface area (Å²) in [5.41, 5.74) is 11.9. The van der Waals surface area contributed by atoms with Gasteiger partial charge < -0.3 is 4.42 Å².